The highest BCUT2D eigenvalue weighted by atomic mass is 16.3. The molecule has 0 fully saturated rings. The Bertz CT molecular complexity index is 711. The van der Waals surface area contributed by atoms with E-state index >= 15 is 0 Å². The highest BCUT2D eigenvalue weighted by Gasteiger charge is 2.04. The highest BCUT2D eigenvalue weighted by Crippen LogP contribution is 2.19. The summed E-state index contributed by atoms with van der Waals surface area (Å²) in [4.78, 5) is 4.54. The Kier molecular flexibility index (Phi) is 4.44. The van der Waals surface area contributed by atoms with Crippen LogP contribution in [0.5, 0.6) is 0 Å². The van der Waals surface area contributed by atoms with Crippen LogP contribution in [0.1, 0.15) is 18.4 Å². The van der Waals surface area contributed by atoms with Gasteiger partial charge in [0.15, 0.2) is 5.96 Å². The SMILES string of the molecule is CCNC(=NCc1cc2ccccc2o1)NCc1ccco1. The third-order valence-electron chi connectivity index (χ3n) is 3.22. The Morgan fingerprint density at radius 2 is 2.00 bits per heavy atom. The van der Waals surface area contributed by atoms with Gasteiger partial charge >= 0.3 is 0 Å². The molecule has 1 aromatic carbocycles. The Morgan fingerprint density at radius 3 is 2.77 bits per heavy atom. The predicted molar refractivity (Wildman–Crippen MR) is 86.6 cm³/mol. The minimum Gasteiger partial charge on any atom is -0.467 e. The summed E-state index contributed by atoms with van der Waals surface area (Å²) in [7, 11) is 0. The zero-order chi connectivity index (χ0) is 15.2. The van der Waals surface area contributed by atoms with Crippen LogP contribution in [0.2, 0.25) is 0 Å². The number of hydrogen-bond acceptors (Lipinski definition) is 3. The van der Waals surface area contributed by atoms with Gasteiger partial charge in [-0.3, -0.25) is 0 Å². The molecule has 0 atom stereocenters. The fraction of sp³-hybridized carbons (Fsp3) is 0.235. The fourth-order valence-electron chi connectivity index (χ4n) is 2.20. The van der Waals surface area contributed by atoms with E-state index < -0.39 is 0 Å². The van der Waals surface area contributed by atoms with E-state index in [0.717, 1.165) is 35.0 Å². The molecule has 0 saturated carbocycles. The molecule has 3 aromatic rings. The normalized spacial score (nSPS) is 11.8. The van der Waals surface area contributed by atoms with Crippen LogP contribution in [0.25, 0.3) is 11.0 Å². The molecule has 3 rings (SSSR count). The molecule has 0 radical (unpaired) electrons. The maximum Gasteiger partial charge on any atom is 0.192 e. The molecule has 0 aliphatic carbocycles. The number of nitrogens with one attached hydrogen (secondary N) is 2. The van der Waals surface area contributed by atoms with Crippen molar-refractivity contribution >= 4 is 16.9 Å². The summed E-state index contributed by atoms with van der Waals surface area (Å²) in [6.45, 7) is 3.91. The number of aliphatic imine (C=N–C) groups is 1. The topological polar surface area (TPSA) is 62.7 Å². The van der Waals surface area contributed by atoms with Crippen LogP contribution < -0.4 is 10.6 Å². The summed E-state index contributed by atoms with van der Waals surface area (Å²) < 4.78 is 11.1. The Morgan fingerprint density at radius 1 is 1.09 bits per heavy atom. The summed E-state index contributed by atoms with van der Waals surface area (Å²) in [6, 6.07) is 13.8. The van der Waals surface area contributed by atoms with Crippen molar-refractivity contribution in [2.75, 3.05) is 6.54 Å². The molecule has 0 unspecified atom stereocenters. The van der Waals surface area contributed by atoms with Gasteiger partial charge in [0.2, 0.25) is 0 Å². The van der Waals surface area contributed by atoms with Crippen molar-refractivity contribution in [3.8, 4) is 0 Å². The monoisotopic (exact) mass is 297 g/mol. The number of fused-ring (bicyclic) bond motifs is 1. The van der Waals surface area contributed by atoms with E-state index in [1.54, 1.807) is 6.26 Å². The zero-order valence-electron chi connectivity index (χ0n) is 12.5. The quantitative estimate of drug-likeness (QED) is 0.560. The van der Waals surface area contributed by atoms with Crippen LogP contribution in [-0.4, -0.2) is 12.5 Å². The van der Waals surface area contributed by atoms with E-state index in [0.29, 0.717) is 13.1 Å². The minimum absolute atomic E-state index is 0.488. The molecule has 0 spiro atoms. The Hall–Kier alpha value is -2.69. The zero-order valence-corrected chi connectivity index (χ0v) is 12.5. The lowest BCUT2D eigenvalue weighted by Crippen LogP contribution is -2.36. The first kappa shape index (κ1) is 14.3. The molecular weight excluding hydrogens is 278 g/mol. The Labute approximate surface area is 129 Å². The molecule has 0 aliphatic rings. The fourth-order valence-corrected chi connectivity index (χ4v) is 2.20. The van der Waals surface area contributed by atoms with Crippen molar-refractivity contribution < 1.29 is 8.83 Å². The van der Waals surface area contributed by atoms with Gasteiger partial charge in [-0.2, -0.15) is 0 Å². The van der Waals surface area contributed by atoms with Gasteiger partial charge in [-0.15, -0.1) is 0 Å². The number of furan rings is 2. The first-order valence-corrected chi connectivity index (χ1v) is 7.37. The maximum atomic E-state index is 5.77. The third kappa shape index (κ3) is 3.49. The van der Waals surface area contributed by atoms with Crippen molar-refractivity contribution in [3.05, 3.63) is 60.2 Å². The van der Waals surface area contributed by atoms with Gasteiger partial charge in [0.25, 0.3) is 0 Å². The lowest BCUT2D eigenvalue weighted by molar-refractivity contribution is 0.501. The average Bonchev–Trinajstić information content (AvgIpc) is 3.18. The van der Waals surface area contributed by atoms with Gasteiger partial charge in [-0.1, -0.05) is 18.2 Å². The van der Waals surface area contributed by atoms with Crippen molar-refractivity contribution in [2.24, 2.45) is 4.99 Å². The van der Waals surface area contributed by atoms with Gasteiger partial charge in [-0.25, -0.2) is 4.99 Å². The van der Waals surface area contributed by atoms with E-state index in [9.17, 15) is 0 Å². The number of hydrogen-bond donors (Lipinski definition) is 2. The first-order chi connectivity index (χ1) is 10.8. The summed E-state index contributed by atoms with van der Waals surface area (Å²) in [6.07, 6.45) is 1.66. The molecule has 5 heteroatoms. The predicted octanol–water partition coefficient (Wildman–Crippen LogP) is 3.28. The molecule has 114 valence electrons. The van der Waals surface area contributed by atoms with Crippen LogP contribution in [-0.2, 0) is 13.1 Å². The number of benzene rings is 1. The van der Waals surface area contributed by atoms with E-state index in [1.165, 1.54) is 0 Å². The van der Waals surface area contributed by atoms with E-state index in [-0.39, 0.29) is 0 Å². The van der Waals surface area contributed by atoms with Crippen LogP contribution >= 0.6 is 0 Å². The first-order valence-electron chi connectivity index (χ1n) is 7.37. The summed E-state index contributed by atoms with van der Waals surface area (Å²) >= 11 is 0. The summed E-state index contributed by atoms with van der Waals surface area (Å²) in [5, 5.41) is 7.53. The van der Waals surface area contributed by atoms with Crippen LogP contribution in [0.3, 0.4) is 0 Å². The maximum absolute atomic E-state index is 5.77. The van der Waals surface area contributed by atoms with Gasteiger partial charge in [0, 0.05) is 11.9 Å². The molecular formula is C17H19N3O2. The second-order valence-electron chi connectivity index (χ2n) is 4.88. The Balaban J connectivity index is 1.66. The summed E-state index contributed by atoms with van der Waals surface area (Å²) in [5.74, 6) is 2.45. The van der Waals surface area contributed by atoms with E-state index in [2.05, 4.69) is 15.6 Å². The van der Waals surface area contributed by atoms with Gasteiger partial charge in [0.05, 0.1) is 12.8 Å². The van der Waals surface area contributed by atoms with Crippen molar-refractivity contribution in [1.29, 1.82) is 0 Å². The second-order valence-corrected chi connectivity index (χ2v) is 4.88. The standard InChI is InChI=1S/C17H19N3O2/c1-2-18-17(19-11-14-7-5-9-21-14)20-12-15-10-13-6-3-4-8-16(13)22-15/h3-10H,2,11-12H2,1H3,(H2,18,19,20). The molecule has 0 amide bonds. The van der Waals surface area contributed by atoms with E-state index in [4.69, 9.17) is 8.83 Å². The van der Waals surface area contributed by atoms with Gasteiger partial charge in [-0.05, 0) is 31.2 Å². The third-order valence-corrected chi connectivity index (χ3v) is 3.22. The molecule has 2 aromatic heterocycles. The molecule has 0 saturated heterocycles. The van der Waals surface area contributed by atoms with Gasteiger partial charge < -0.3 is 19.5 Å². The highest BCUT2D eigenvalue weighted by molar-refractivity contribution is 5.80. The summed E-state index contributed by atoms with van der Waals surface area (Å²) in [5.41, 5.74) is 0.890. The molecule has 2 heterocycles. The van der Waals surface area contributed by atoms with Crippen molar-refractivity contribution in [3.63, 3.8) is 0 Å². The molecule has 0 aliphatic heterocycles. The number of nitrogens with zero attached hydrogens (tertiary/aromatic N) is 1. The number of para-hydroxylation sites is 1. The molecule has 5 nitrogen and oxygen atoms in total. The average molecular weight is 297 g/mol. The molecule has 0 bridgehead atoms. The van der Waals surface area contributed by atoms with E-state index in [1.807, 2.05) is 49.4 Å². The lowest BCUT2D eigenvalue weighted by atomic mass is 10.2. The molecule has 22 heavy (non-hydrogen) atoms. The minimum atomic E-state index is 0.488. The lowest BCUT2D eigenvalue weighted by Gasteiger charge is -2.09. The van der Waals surface area contributed by atoms with Crippen LogP contribution in [0, 0.1) is 0 Å². The molecule has 2 N–H and O–H groups in total. The second kappa shape index (κ2) is 6.85. The van der Waals surface area contributed by atoms with Crippen molar-refractivity contribution in [1.82, 2.24) is 10.6 Å². The largest absolute Gasteiger partial charge is 0.467 e. The van der Waals surface area contributed by atoms with Crippen LogP contribution in [0.15, 0.2) is 62.6 Å². The smallest absolute Gasteiger partial charge is 0.192 e. The van der Waals surface area contributed by atoms with Crippen molar-refractivity contribution in [2.45, 2.75) is 20.0 Å². The van der Waals surface area contributed by atoms with Crippen LogP contribution in [0.4, 0.5) is 0 Å². The number of rotatable bonds is 5. The number of guanidine groups is 1. The van der Waals surface area contributed by atoms with Gasteiger partial charge in [0.1, 0.15) is 23.6 Å².